The van der Waals surface area contributed by atoms with Crippen molar-refractivity contribution in [2.45, 2.75) is 5.92 Å². The van der Waals surface area contributed by atoms with E-state index in [4.69, 9.17) is 19.3 Å². The molecule has 0 saturated carbocycles. The van der Waals surface area contributed by atoms with Gasteiger partial charge in [-0.2, -0.15) is 4.98 Å². The minimum atomic E-state index is -1.14. The normalized spacial score (nSPS) is 15.3. The van der Waals surface area contributed by atoms with E-state index in [1.807, 2.05) is 0 Å². The van der Waals surface area contributed by atoms with Crippen molar-refractivity contribution in [1.82, 2.24) is 9.55 Å². The number of methoxy groups -OCH3 is 1. The van der Waals surface area contributed by atoms with E-state index in [1.54, 1.807) is 12.1 Å². The average molecular weight is 451 g/mol. The molecule has 1 aliphatic heterocycles. The maximum atomic E-state index is 14.8. The van der Waals surface area contributed by atoms with Crippen molar-refractivity contribution in [2.24, 2.45) is 0 Å². The number of esters is 1. The van der Waals surface area contributed by atoms with Crippen molar-refractivity contribution in [3.63, 3.8) is 0 Å². The van der Waals surface area contributed by atoms with Crippen molar-refractivity contribution in [1.29, 1.82) is 0 Å². The van der Waals surface area contributed by atoms with Crippen LogP contribution in [0.3, 0.4) is 0 Å². The Labute approximate surface area is 183 Å². The lowest BCUT2D eigenvalue weighted by Crippen LogP contribution is -2.37. The molecule has 2 N–H and O–H groups in total. The largest absolute Gasteiger partial charge is 0.465 e. The molecule has 33 heavy (non-hydrogen) atoms. The van der Waals surface area contributed by atoms with Crippen molar-refractivity contribution >= 4 is 23.6 Å². The number of rotatable bonds is 3. The third-order valence-electron chi connectivity index (χ3n) is 5.31. The van der Waals surface area contributed by atoms with Gasteiger partial charge in [-0.25, -0.2) is 22.9 Å². The van der Waals surface area contributed by atoms with Gasteiger partial charge in [0.05, 0.1) is 13.0 Å². The van der Waals surface area contributed by atoms with Gasteiger partial charge in [0.1, 0.15) is 28.3 Å². The first-order valence-electron chi connectivity index (χ1n) is 9.72. The Morgan fingerprint density at radius 3 is 2.52 bits per heavy atom. The number of hydrogen-bond acceptors (Lipinski definition) is 7. The summed E-state index contributed by atoms with van der Waals surface area (Å²) in [5.41, 5.74) is 4.70. The minimum absolute atomic E-state index is 0.0585. The highest BCUT2D eigenvalue weighted by Gasteiger charge is 2.40. The van der Waals surface area contributed by atoms with Crippen molar-refractivity contribution in [2.75, 3.05) is 12.8 Å². The second kappa shape index (κ2) is 7.59. The highest BCUT2D eigenvalue weighted by atomic mass is 19.1. The molecule has 3 heterocycles. The molecule has 4 aromatic rings. The zero-order valence-electron chi connectivity index (χ0n) is 17.0. The van der Waals surface area contributed by atoms with Gasteiger partial charge in [-0.3, -0.25) is 0 Å². The number of hydrogen-bond donors (Lipinski definition) is 1. The molecule has 2 aromatic carbocycles. The number of nitrogens with two attached hydrogens (primary N) is 1. The fourth-order valence-corrected chi connectivity index (χ4v) is 3.90. The van der Waals surface area contributed by atoms with Crippen LogP contribution in [0.4, 0.5) is 14.8 Å². The van der Waals surface area contributed by atoms with E-state index in [2.05, 4.69) is 4.98 Å². The predicted octanol–water partition coefficient (Wildman–Crippen LogP) is 1.58. The molecule has 8 nitrogen and oxygen atoms in total. The molecule has 10 heteroatoms. The third-order valence-corrected chi connectivity index (χ3v) is 5.31. The quantitative estimate of drug-likeness (QED) is 0.471. The Morgan fingerprint density at radius 1 is 1.12 bits per heavy atom. The smallest absolute Gasteiger partial charge is 0.362 e. The van der Waals surface area contributed by atoms with Crippen LogP contribution in [0.5, 0.6) is 0 Å². The van der Waals surface area contributed by atoms with Crippen LogP contribution in [-0.4, -0.2) is 22.6 Å². The van der Waals surface area contributed by atoms with Gasteiger partial charge in [-0.15, -0.1) is 0 Å². The van der Waals surface area contributed by atoms with Crippen LogP contribution in [0.15, 0.2) is 62.2 Å². The molecule has 0 unspecified atom stereocenters. The minimum Gasteiger partial charge on any atom is -0.465 e. The number of oxazole rings is 2. The standard InChI is InChI=1S/C23H15F2N3O5/c1-31-22(30)17-16(12-7-3-5-9-14(12)25)18-20(33-23(26)27-18)28-15(21(29)32-19(17)28)10-11-6-2-4-8-13(11)24/h2-10,16H,1H3,(H2,26,27)/b15-10+/t16-/m1/s1. The third kappa shape index (κ3) is 3.15. The van der Waals surface area contributed by atoms with E-state index in [1.165, 1.54) is 42.5 Å². The number of carbonyl (C=O) groups excluding carboxylic acids is 1. The topological polar surface area (TPSA) is 113 Å². The van der Waals surface area contributed by atoms with Gasteiger partial charge in [0, 0.05) is 11.1 Å². The molecular formula is C23H15F2N3O5. The molecule has 0 aliphatic carbocycles. The summed E-state index contributed by atoms with van der Waals surface area (Å²) in [4.78, 5) is 29.8. The van der Waals surface area contributed by atoms with E-state index in [0.717, 1.165) is 11.7 Å². The zero-order chi connectivity index (χ0) is 23.3. The van der Waals surface area contributed by atoms with Crippen LogP contribution >= 0.6 is 0 Å². The number of aromatic nitrogens is 2. The Balaban J connectivity index is 1.95. The molecule has 1 aliphatic rings. The van der Waals surface area contributed by atoms with E-state index in [-0.39, 0.29) is 45.2 Å². The van der Waals surface area contributed by atoms with Gasteiger partial charge < -0.3 is 19.3 Å². The van der Waals surface area contributed by atoms with Crippen LogP contribution in [0.25, 0.3) is 17.5 Å². The Hall–Kier alpha value is -4.47. The number of halogens is 2. The van der Waals surface area contributed by atoms with E-state index >= 15 is 0 Å². The fourth-order valence-electron chi connectivity index (χ4n) is 3.90. The Morgan fingerprint density at radius 2 is 1.82 bits per heavy atom. The predicted molar refractivity (Wildman–Crippen MR) is 112 cm³/mol. The highest BCUT2D eigenvalue weighted by molar-refractivity contribution is 6.12. The molecule has 0 bridgehead atoms. The van der Waals surface area contributed by atoms with Gasteiger partial charge in [0.2, 0.25) is 11.4 Å². The molecule has 0 saturated heterocycles. The summed E-state index contributed by atoms with van der Waals surface area (Å²) in [6.07, 6.45) is 1.24. The summed E-state index contributed by atoms with van der Waals surface area (Å²) in [7, 11) is 1.14. The lowest BCUT2D eigenvalue weighted by atomic mass is 9.86. The number of ether oxygens (including phenoxy) is 1. The number of carbonyl (C=O) groups is 1. The van der Waals surface area contributed by atoms with Gasteiger partial charge >= 0.3 is 11.6 Å². The number of nitrogens with zero attached hydrogens (tertiary/aromatic N) is 2. The fraction of sp³-hybridized carbons (Fsp3) is 0.0870. The second-order valence-corrected chi connectivity index (χ2v) is 7.18. The van der Waals surface area contributed by atoms with Gasteiger partial charge in [0.15, 0.2) is 0 Å². The van der Waals surface area contributed by atoms with E-state index in [9.17, 15) is 18.4 Å². The summed E-state index contributed by atoms with van der Waals surface area (Å²) in [6, 6.07) is 11.2. The lowest BCUT2D eigenvalue weighted by molar-refractivity contribution is -0.134. The van der Waals surface area contributed by atoms with Crippen molar-refractivity contribution < 1.29 is 27.1 Å². The Kier molecular flexibility index (Phi) is 4.70. The number of fused-ring (bicyclic) bond motifs is 3. The SMILES string of the molecule is COC(=O)C1=c2oc(=O)/c(=C\c3ccccc3F)n2-c2oc(N)nc2[C@@H]1c1ccccc1F. The second-order valence-electron chi connectivity index (χ2n) is 7.18. The van der Waals surface area contributed by atoms with Crippen LogP contribution < -0.4 is 22.3 Å². The lowest BCUT2D eigenvalue weighted by Gasteiger charge is -2.21. The molecule has 2 aromatic heterocycles. The first kappa shape index (κ1) is 20.4. The molecule has 0 amide bonds. The zero-order valence-corrected chi connectivity index (χ0v) is 17.0. The molecule has 1 atom stereocenters. The average Bonchev–Trinajstić information content (AvgIpc) is 3.33. The van der Waals surface area contributed by atoms with Crippen LogP contribution in [0.1, 0.15) is 22.7 Å². The summed E-state index contributed by atoms with van der Waals surface area (Å²) < 4.78 is 46.1. The van der Waals surface area contributed by atoms with Crippen molar-refractivity contribution in [3.05, 3.63) is 98.3 Å². The number of nitrogen functional groups attached to an aromatic ring is 1. The molecular weight excluding hydrogens is 436 g/mol. The summed E-state index contributed by atoms with van der Waals surface area (Å²) in [5.74, 6) is -3.28. The molecule has 0 fully saturated rings. The van der Waals surface area contributed by atoms with Crippen LogP contribution in [-0.2, 0) is 9.53 Å². The molecule has 5 rings (SSSR count). The van der Waals surface area contributed by atoms with Gasteiger partial charge in [-0.05, 0) is 18.2 Å². The van der Waals surface area contributed by atoms with E-state index in [0.29, 0.717) is 0 Å². The molecule has 166 valence electrons. The molecule has 0 spiro atoms. The van der Waals surface area contributed by atoms with Gasteiger partial charge in [0.25, 0.3) is 6.01 Å². The summed E-state index contributed by atoms with van der Waals surface area (Å²) in [6.45, 7) is 0. The van der Waals surface area contributed by atoms with Gasteiger partial charge in [-0.1, -0.05) is 36.4 Å². The van der Waals surface area contributed by atoms with E-state index < -0.39 is 29.1 Å². The number of benzene rings is 2. The van der Waals surface area contributed by atoms with Crippen LogP contribution in [0, 0.1) is 11.6 Å². The molecule has 0 radical (unpaired) electrons. The van der Waals surface area contributed by atoms with Crippen LogP contribution in [0.2, 0.25) is 0 Å². The summed E-state index contributed by atoms with van der Waals surface area (Å²) >= 11 is 0. The summed E-state index contributed by atoms with van der Waals surface area (Å²) in [5, 5.41) is -0.152. The first-order chi connectivity index (χ1) is 15.9. The first-order valence-corrected chi connectivity index (χ1v) is 9.72. The highest BCUT2D eigenvalue weighted by Crippen LogP contribution is 2.39. The maximum Gasteiger partial charge on any atom is 0.362 e. The number of anilines is 1. The monoisotopic (exact) mass is 451 g/mol. The maximum absolute atomic E-state index is 14.8. The Bertz CT molecular complexity index is 1600. The van der Waals surface area contributed by atoms with Crippen molar-refractivity contribution in [3.8, 4) is 5.88 Å².